The number of nitrogens with zero attached hydrogens (tertiary/aromatic N) is 1. The van der Waals surface area contributed by atoms with E-state index in [1.807, 2.05) is 0 Å². The molecule has 0 amide bonds. The van der Waals surface area contributed by atoms with Gasteiger partial charge in [-0.25, -0.2) is 13.1 Å². The first-order valence-corrected chi connectivity index (χ1v) is 8.89. The number of hydrogen-bond donors (Lipinski definition) is 1. The number of ether oxygens (including phenoxy) is 1. The third-order valence-corrected chi connectivity index (χ3v) is 5.48. The Hall–Kier alpha value is -1.11. The third-order valence-electron chi connectivity index (χ3n) is 4.00. The molecule has 1 aromatic carbocycles. The predicted octanol–water partition coefficient (Wildman–Crippen LogP) is 1.85. The van der Waals surface area contributed by atoms with Gasteiger partial charge in [-0.3, -0.25) is 4.90 Å². The maximum Gasteiger partial charge on any atom is 0.240 e. The van der Waals surface area contributed by atoms with Gasteiger partial charge in [0.25, 0.3) is 0 Å². The molecule has 5 nitrogen and oxygen atoms in total. The zero-order valence-corrected chi connectivity index (χ0v) is 13.5. The van der Waals surface area contributed by atoms with Gasteiger partial charge in [0.05, 0.1) is 12.0 Å². The predicted molar refractivity (Wildman–Crippen MR) is 83.1 cm³/mol. The molecule has 1 saturated heterocycles. The van der Waals surface area contributed by atoms with Gasteiger partial charge in [0.1, 0.15) is 5.75 Å². The second kappa shape index (κ2) is 7.24. The molecule has 0 aromatic heterocycles. The number of rotatable bonds is 6. The normalized spacial score (nSPS) is 20.4. The van der Waals surface area contributed by atoms with Crippen molar-refractivity contribution in [2.75, 3.05) is 26.7 Å². The van der Waals surface area contributed by atoms with Crippen LogP contribution in [0.15, 0.2) is 29.2 Å². The van der Waals surface area contributed by atoms with Crippen LogP contribution in [0.25, 0.3) is 0 Å². The second-order valence-corrected chi connectivity index (χ2v) is 7.22. The molecular weight excluding hydrogens is 288 g/mol. The summed E-state index contributed by atoms with van der Waals surface area (Å²) in [7, 11) is -1.88. The molecule has 1 aliphatic heterocycles. The maximum absolute atomic E-state index is 12.2. The van der Waals surface area contributed by atoms with Crippen LogP contribution < -0.4 is 9.46 Å². The van der Waals surface area contributed by atoms with Crippen molar-refractivity contribution >= 4 is 10.0 Å². The molecular formula is C15H24N2O3S. The quantitative estimate of drug-likeness (QED) is 0.871. The number of sulfonamides is 1. The summed E-state index contributed by atoms with van der Waals surface area (Å²) in [6, 6.07) is 6.97. The molecule has 0 spiro atoms. The fraction of sp³-hybridized carbons (Fsp3) is 0.600. The van der Waals surface area contributed by atoms with E-state index in [1.165, 1.54) is 19.3 Å². The number of nitrogens with one attached hydrogen (secondary N) is 1. The fourth-order valence-corrected chi connectivity index (χ4v) is 3.67. The molecule has 21 heavy (non-hydrogen) atoms. The van der Waals surface area contributed by atoms with Crippen LogP contribution in [0.3, 0.4) is 0 Å². The van der Waals surface area contributed by atoms with E-state index in [9.17, 15) is 8.42 Å². The second-order valence-electron chi connectivity index (χ2n) is 5.45. The van der Waals surface area contributed by atoms with Crippen molar-refractivity contribution in [1.82, 2.24) is 9.62 Å². The van der Waals surface area contributed by atoms with E-state index in [2.05, 4.69) is 16.5 Å². The van der Waals surface area contributed by atoms with E-state index in [-0.39, 0.29) is 4.90 Å². The highest BCUT2D eigenvalue weighted by Gasteiger charge is 2.19. The van der Waals surface area contributed by atoms with E-state index in [1.54, 1.807) is 31.4 Å². The minimum Gasteiger partial charge on any atom is -0.497 e. The first kappa shape index (κ1) is 16.3. The Kier molecular flexibility index (Phi) is 5.61. The first-order valence-electron chi connectivity index (χ1n) is 7.41. The topological polar surface area (TPSA) is 58.6 Å². The van der Waals surface area contributed by atoms with Crippen LogP contribution in [0.5, 0.6) is 5.75 Å². The Morgan fingerprint density at radius 3 is 2.62 bits per heavy atom. The summed E-state index contributed by atoms with van der Waals surface area (Å²) in [5, 5.41) is 0. The van der Waals surface area contributed by atoms with Crippen molar-refractivity contribution < 1.29 is 13.2 Å². The Balaban J connectivity index is 1.88. The van der Waals surface area contributed by atoms with Crippen LogP contribution in [-0.2, 0) is 10.0 Å². The van der Waals surface area contributed by atoms with Gasteiger partial charge in [0.2, 0.25) is 10.0 Å². The van der Waals surface area contributed by atoms with Crippen molar-refractivity contribution in [3.8, 4) is 5.75 Å². The largest absolute Gasteiger partial charge is 0.497 e. The van der Waals surface area contributed by atoms with E-state index in [0.29, 0.717) is 18.3 Å². The molecule has 0 aliphatic carbocycles. The van der Waals surface area contributed by atoms with Crippen LogP contribution >= 0.6 is 0 Å². The first-order chi connectivity index (χ1) is 10.0. The monoisotopic (exact) mass is 312 g/mol. The van der Waals surface area contributed by atoms with Crippen molar-refractivity contribution in [2.24, 2.45) is 0 Å². The van der Waals surface area contributed by atoms with Gasteiger partial charge < -0.3 is 4.74 Å². The maximum atomic E-state index is 12.2. The Morgan fingerprint density at radius 2 is 2.00 bits per heavy atom. The fourth-order valence-electron chi connectivity index (χ4n) is 2.65. The van der Waals surface area contributed by atoms with E-state index < -0.39 is 10.0 Å². The zero-order valence-electron chi connectivity index (χ0n) is 12.7. The van der Waals surface area contributed by atoms with Crippen LogP contribution in [0.4, 0.5) is 0 Å². The zero-order chi connectivity index (χ0) is 15.3. The minimum atomic E-state index is -3.44. The number of benzene rings is 1. The summed E-state index contributed by atoms with van der Waals surface area (Å²) >= 11 is 0. The number of methoxy groups -OCH3 is 1. The average molecular weight is 312 g/mol. The molecule has 0 radical (unpaired) electrons. The average Bonchev–Trinajstić information content (AvgIpc) is 2.49. The summed E-state index contributed by atoms with van der Waals surface area (Å²) in [6.07, 6.45) is 3.68. The number of hydrogen-bond acceptors (Lipinski definition) is 4. The van der Waals surface area contributed by atoms with Crippen LogP contribution in [0, 0.1) is 0 Å². The molecule has 1 unspecified atom stereocenters. The van der Waals surface area contributed by atoms with Crippen LogP contribution in [0.2, 0.25) is 0 Å². The van der Waals surface area contributed by atoms with Gasteiger partial charge in [-0.05, 0) is 50.6 Å². The van der Waals surface area contributed by atoms with Crippen molar-refractivity contribution in [1.29, 1.82) is 0 Å². The smallest absolute Gasteiger partial charge is 0.240 e. The summed E-state index contributed by atoms with van der Waals surface area (Å²) in [6.45, 7) is 4.47. The van der Waals surface area contributed by atoms with E-state index in [4.69, 9.17) is 4.74 Å². The highest BCUT2D eigenvalue weighted by atomic mass is 32.2. The van der Waals surface area contributed by atoms with Crippen molar-refractivity contribution in [3.63, 3.8) is 0 Å². The molecule has 2 rings (SSSR count). The molecule has 0 saturated carbocycles. The van der Waals surface area contributed by atoms with Gasteiger partial charge in [-0.1, -0.05) is 6.42 Å². The van der Waals surface area contributed by atoms with Gasteiger partial charge in [-0.2, -0.15) is 0 Å². The SMILES string of the molecule is COc1ccc(S(=O)(=O)NCCN2CCCCC2C)cc1. The van der Waals surface area contributed by atoms with Crippen molar-refractivity contribution in [3.05, 3.63) is 24.3 Å². The summed E-state index contributed by atoms with van der Waals surface area (Å²) < 4.78 is 32.1. The highest BCUT2D eigenvalue weighted by Crippen LogP contribution is 2.17. The number of likely N-dealkylation sites (tertiary alicyclic amines) is 1. The minimum absolute atomic E-state index is 0.273. The molecule has 118 valence electrons. The Morgan fingerprint density at radius 1 is 1.29 bits per heavy atom. The molecule has 1 aliphatic rings. The summed E-state index contributed by atoms with van der Waals surface area (Å²) in [5.41, 5.74) is 0. The molecule has 6 heteroatoms. The Bertz CT molecular complexity index is 543. The standard InChI is InChI=1S/C15H24N2O3S/c1-13-5-3-4-11-17(13)12-10-16-21(18,19)15-8-6-14(20-2)7-9-15/h6-9,13,16H,3-5,10-12H2,1-2H3. The van der Waals surface area contributed by atoms with Crippen LogP contribution in [0.1, 0.15) is 26.2 Å². The molecule has 1 heterocycles. The molecule has 1 aromatic rings. The van der Waals surface area contributed by atoms with Gasteiger partial charge >= 0.3 is 0 Å². The molecule has 1 atom stereocenters. The molecule has 1 fully saturated rings. The Labute approximate surface area is 127 Å². The third kappa shape index (κ3) is 4.43. The summed E-state index contributed by atoms with van der Waals surface area (Å²) in [4.78, 5) is 2.62. The van der Waals surface area contributed by atoms with E-state index >= 15 is 0 Å². The molecule has 0 bridgehead atoms. The lowest BCUT2D eigenvalue weighted by Crippen LogP contribution is -2.42. The van der Waals surface area contributed by atoms with Crippen LogP contribution in [-0.4, -0.2) is 46.1 Å². The highest BCUT2D eigenvalue weighted by molar-refractivity contribution is 7.89. The lowest BCUT2D eigenvalue weighted by molar-refractivity contribution is 0.164. The van der Waals surface area contributed by atoms with E-state index in [0.717, 1.165) is 13.1 Å². The van der Waals surface area contributed by atoms with Crippen molar-refractivity contribution in [2.45, 2.75) is 37.1 Å². The van der Waals surface area contributed by atoms with Gasteiger partial charge in [0.15, 0.2) is 0 Å². The lowest BCUT2D eigenvalue weighted by atomic mass is 10.0. The van der Waals surface area contributed by atoms with Gasteiger partial charge in [-0.15, -0.1) is 0 Å². The molecule has 1 N–H and O–H groups in total. The van der Waals surface area contributed by atoms with Gasteiger partial charge in [0, 0.05) is 19.1 Å². The number of piperidine rings is 1. The lowest BCUT2D eigenvalue weighted by Gasteiger charge is -2.33. The summed E-state index contributed by atoms with van der Waals surface area (Å²) in [5.74, 6) is 0.649.